The first-order chi connectivity index (χ1) is 30.1. The molecule has 0 aliphatic carbocycles. The van der Waals surface area contributed by atoms with Crippen molar-refractivity contribution in [2.24, 2.45) is 15.3 Å². The Hall–Kier alpha value is -8.15. The number of methoxy groups -OCH3 is 2. The number of hydrogen-bond donors (Lipinski definition) is 1. The third kappa shape index (κ3) is 11.1. The molecule has 2 aromatic heterocycles. The highest BCUT2D eigenvalue weighted by Gasteiger charge is 2.12. The van der Waals surface area contributed by atoms with Gasteiger partial charge >= 0.3 is 5.97 Å². The molecule has 0 saturated heterocycles. The monoisotopic (exact) mass is 829 g/mol. The molecule has 13 heteroatoms. The van der Waals surface area contributed by atoms with Gasteiger partial charge in [0.1, 0.15) is 22.5 Å². The number of para-hydroxylation sites is 1. The van der Waals surface area contributed by atoms with Crippen LogP contribution in [0.1, 0.15) is 38.9 Å². The normalized spacial score (nSPS) is 10.8. The number of oxazole rings is 2. The van der Waals surface area contributed by atoms with Crippen molar-refractivity contribution in [2.45, 2.75) is 34.1 Å². The predicted octanol–water partition coefficient (Wildman–Crippen LogP) is 10.8. The number of carbonyl (C=O) groups is 1. The Balaban J connectivity index is 0.000000176. The van der Waals surface area contributed by atoms with Gasteiger partial charge in [0.15, 0.2) is 11.2 Å². The molecule has 0 aliphatic heterocycles. The van der Waals surface area contributed by atoms with Gasteiger partial charge in [0.05, 0.1) is 38.8 Å². The number of benzene rings is 6. The number of fused-ring (bicyclic) bond motifs is 2. The fourth-order valence-electron chi connectivity index (χ4n) is 6.31. The van der Waals surface area contributed by atoms with Crippen molar-refractivity contribution in [3.8, 4) is 34.4 Å². The van der Waals surface area contributed by atoms with Gasteiger partial charge in [-0.3, -0.25) is 0 Å². The lowest BCUT2D eigenvalue weighted by Crippen LogP contribution is -2.07. The summed E-state index contributed by atoms with van der Waals surface area (Å²) < 4.78 is 21.8. The number of nitrogens with zero attached hydrogens (tertiary/aromatic N) is 5. The van der Waals surface area contributed by atoms with Crippen LogP contribution in [0.5, 0.6) is 11.5 Å². The lowest BCUT2D eigenvalue weighted by Gasteiger charge is -2.07. The van der Waals surface area contributed by atoms with E-state index in [1.165, 1.54) is 12.4 Å². The van der Waals surface area contributed by atoms with Gasteiger partial charge in [0, 0.05) is 11.1 Å². The first-order valence-corrected chi connectivity index (χ1v) is 19.3. The number of carbonyl (C=O) groups excluding carboxylic acids is 2. The van der Waals surface area contributed by atoms with Crippen molar-refractivity contribution in [3.63, 3.8) is 0 Å². The van der Waals surface area contributed by atoms with Crippen LogP contribution in [-0.2, 0) is 20.8 Å². The van der Waals surface area contributed by atoms with Gasteiger partial charge < -0.3 is 28.4 Å². The molecule has 1 N–H and O–H groups in total. The van der Waals surface area contributed by atoms with Crippen molar-refractivity contribution < 1.29 is 37.9 Å². The maximum Gasteiger partial charge on any atom is 0.339 e. The van der Waals surface area contributed by atoms with Crippen LogP contribution in [0, 0.1) is 27.7 Å². The Morgan fingerprint density at radius 1 is 0.661 bits per heavy atom. The van der Waals surface area contributed by atoms with E-state index in [4.69, 9.17) is 28.4 Å². The zero-order valence-electron chi connectivity index (χ0n) is 34.9. The fourth-order valence-corrected chi connectivity index (χ4v) is 6.31. The largest absolute Gasteiger partial charge is 0.497 e. The molecule has 0 spiro atoms. The van der Waals surface area contributed by atoms with Gasteiger partial charge in [-0.1, -0.05) is 46.7 Å². The molecule has 0 amide bonds. The van der Waals surface area contributed by atoms with E-state index in [0.717, 1.165) is 67.3 Å². The van der Waals surface area contributed by atoms with E-state index in [0.29, 0.717) is 34.0 Å². The molecule has 6 aromatic carbocycles. The third-order valence-electron chi connectivity index (χ3n) is 9.62. The summed E-state index contributed by atoms with van der Waals surface area (Å²) in [5.41, 5.74) is 11.8. The predicted molar refractivity (Wildman–Crippen MR) is 238 cm³/mol. The van der Waals surface area contributed by atoms with Gasteiger partial charge in [-0.15, -0.1) is 0 Å². The van der Waals surface area contributed by atoms with Crippen molar-refractivity contribution in [3.05, 3.63) is 160 Å². The summed E-state index contributed by atoms with van der Waals surface area (Å²) in [6.45, 7) is 7.80. The zero-order chi connectivity index (χ0) is 44.0. The molecule has 0 atom stereocenters. The minimum Gasteiger partial charge on any atom is -0.497 e. The van der Waals surface area contributed by atoms with Crippen molar-refractivity contribution in [1.82, 2.24) is 9.97 Å². The van der Waals surface area contributed by atoms with Crippen LogP contribution in [0.25, 0.3) is 45.1 Å². The fraction of sp³-hybridized carbons (Fsp3) is 0.143. The number of oxime groups is 2. The summed E-state index contributed by atoms with van der Waals surface area (Å²) in [7, 11) is 3.25. The highest BCUT2D eigenvalue weighted by atomic mass is 16.7. The lowest BCUT2D eigenvalue weighted by atomic mass is 10.0. The van der Waals surface area contributed by atoms with E-state index in [1.807, 2.05) is 131 Å². The van der Waals surface area contributed by atoms with Gasteiger partial charge in [-0.25, -0.2) is 19.6 Å². The molecule has 0 bridgehead atoms. The van der Waals surface area contributed by atoms with Gasteiger partial charge in [0.2, 0.25) is 17.9 Å². The zero-order valence-corrected chi connectivity index (χ0v) is 34.9. The molecule has 312 valence electrons. The van der Waals surface area contributed by atoms with E-state index in [9.17, 15) is 9.59 Å². The smallest absolute Gasteiger partial charge is 0.339 e. The van der Waals surface area contributed by atoms with E-state index in [2.05, 4.69) is 25.3 Å². The van der Waals surface area contributed by atoms with Crippen molar-refractivity contribution in [2.75, 3.05) is 14.2 Å². The van der Waals surface area contributed by atoms with Crippen LogP contribution in [0.4, 0.5) is 5.69 Å². The van der Waals surface area contributed by atoms with E-state index >= 15 is 0 Å². The van der Waals surface area contributed by atoms with E-state index in [-0.39, 0.29) is 6.42 Å². The summed E-state index contributed by atoms with van der Waals surface area (Å²) in [4.78, 5) is 39.8. The minimum atomic E-state index is -0.405. The van der Waals surface area contributed by atoms with Gasteiger partial charge in [0.25, 0.3) is 0 Å². The summed E-state index contributed by atoms with van der Waals surface area (Å²) in [5, 5.41) is 15.4. The lowest BCUT2D eigenvalue weighted by molar-refractivity contribution is -0.142. The standard InChI is InChI=1S/C25H22N2O4.C15H12N2O3.C9H9NO/c1-16-5-4-6-17(2)21(16)14-24(28)31-26-15-18-7-12-23-22(13-18)27-25(30-23)19-8-10-20(29-3)11-9-19;1-19-12-5-3-11(4-6-12)15-17-13-8-10(9-16-18)2-7-14(13)20-15;1-7-4-3-5-8(2)9(7)10-6-11/h4-13,15H,14H2,1-3H3;2-9,18H,1H3;3-5H,1-2H3/b26-15+;16-9+;. The maximum atomic E-state index is 12.2. The van der Waals surface area contributed by atoms with Crippen LogP contribution >= 0.6 is 0 Å². The number of aryl methyl sites for hydroxylation is 4. The van der Waals surface area contributed by atoms with Crippen LogP contribution in [0.15, 0.2) is 145 Å². The first-order valence-electron chi connectivity index (χ1n) is 19.3. The van der Waals surface area contributed by atoms with E-state index in [1.54, 1.807) is 38.5 Å². The highest BCUT2D eigenvalue weighted by molar-refractivity contribution is 5.88. The van der Waals surface area contributed by atoms with E-state index < -0.39 is 5.97 Å². The number of rotatable bonds is 10. The van der Waals surface area contributed by atoms with Crippen LogP contribution in [-0.4, -0.2) is 53.9 Å². The molecule has 0 unspecified atom stereocenters. The molecule has 0 radical (unpaired) electrons. The second-order valence-electron chi connectivity index (χ2n) is 13.9. The molecular weight excluding hydrogens is 787 g/mol. The second-order valence-corrected chi connectivity index (χ2v) is 13.9. The second kappa shape index (κ2) is 20.7. The molecule has 0 fully saturated rings. The molecule has 8 aromatic rings. The molecule has 13 nitrogen and oxygen atoms in total. The van der Waals surface area contributed by atoms with Crippen LogP contribution in [0.3, 0.4) is 0 Å². The highest BCUT2D eigenvalue weighted by Crippen LogP contribution is 2.28. The molecular formula is C49H43N5O8. The average Bonchev–Trinajstić information content (AvgIpc) is 3.91. The Morgan fingerprint density at radius 2 is 1.13 bits per heavy atom. The molecule has 2 heterocycles. The van der Waals surface area contributed by atoms with Crippen molar-refractivity contribution in [1.29, 1.82) is 0 Å². The Morgan fingerprint density at radius 3 is 1.58 bits per heavy atom. The van der Waals surface area contributed by atoms with Crippen molar-refractivity contribution >= 4 is 52.4 Å². The number of aliphatic imine (C=N–C) groups is 1. The number of isocyanates is 1. The summed E-state index contributed by atoms with van der Waals surface area (Å²) in [5.74, 6) is 2.21. The van der Waals surface area contributed by atoms with Gasteiger partial charge in [-0.2, -0.15) is 4.99 Å². The average molecular weight is 830 g/mol. The molecule has 8 rings (SSSR count). The summed E-state index contributed by atoms with van der Waals surface area (Å²) in [6.07, 6.45) is 4.56. The molecule has 0 aliphatic rings. The Labute approximate surface area is 357 Å². The van der Waals surface area contributed by atoms with Gasteiger partial charge in [-0.05, 0) is 152 Å². The van der Waals surface area contributed by atoms with Crippen LogP contribution < -0.4 is 9.47 Å². The third-order valence-corrected chi connectivity index (χ3v) is 9.62. The Bertz CT molecular complexity index is 2870. The topological polar surface area (TPSA) is 171 Å². The van der Waals surface area contributed by atoms with Crippen LogP contribution in [0.2, 0.25) is 0 Å². The first kappa shape index (κ1) is 43.4. The number of ether oxygens (including phenoxy) is 2. The summed E-state index contributed by atoms with van der Waals surface area (Å²) in [6, 6.07) is 37.5. The number of aromatic nitrogens is 2. The summed E-state index contributed by atoms with van der Waals surface area (Å²) >= 11 is 0. The Kier molecular flexibility index (Phi) is 14.5. The minimum absolute atomic E-state index is 0.184. The SMILES string of the molecule is COc1ccc(-c2nc3cc(/C=N/O)ccc3o2)cc1.COc1ccc(-c2nc3cc(/C=N/OC(=O)Cc4c(C)cccc4C)ccc3o2)cc1.Cc1cccc(C)c1N=C=O. The molecule has 0 saturated carbocycles. The molecule has 62 heavy (non-hydrogen) atoms. The maximum absolute atomic E-state index is 12.2. The quantitative estimate of drug-likeness (QED) is 0.0460. The number of hydrogen-bond acceptors (Lipinski definition) is 13.